The molecule has 1 fully saturated rings. The lowest BCUT2D eigenvalue weighted by atomic mass is 10.1. The van der Waals surface area contributed by atoms with Crippen LogP contribution in [0.3, 0.4) is 0 Å². The van der Waals surface area contributed by atoms with Crippen LogP contribution in [-0.2, 0) is 4.79 Å². The van der Waals surface area contributed by atoms with Gasteiger partial charge < -0.3 is 24.4 Å². The van der Waals surface area contributed by atoms with E-state index in [4.69, 9.17) is 21.1 Å². The fraction of sp³-hybridized carbons (Fsp3) is 0.367. The van der Waals surface area contributed by atoms with Gasteiger partial charge >= 0.3 is 0 Å². The average Bonchev–Trinajstić information content (AvgIpc) is 3.07. The zero-order valence-electron chi connectivity index (χ0n) is 22.3. The summed E-state index contributed by atoms with van der Waals surface area (Å²) in [7, 11) is 3.32. The Hall–Kier alpha value is -2.91. The Morgan fingerprint density at radius 3 is 2.38 bits per heavy atom. The van der Waals surface area contributed by atoms with Crippen LogP contribution < -0.4 is 19.3 Å². The third kappa shape index (κ3) is 6.14. The van der Waals surface area contributed by atoms with E-state index in [0.717, 1.165) is 72.5 Å². The van der Waals surface area contributed by atoms with E-state index in [1.165, 1.54) is 11.8 Å². The summed E-state index contributed by atoms with van der Waals surface area (Å²) in [4.78, 5) is 21.0. The molecule has 39 heavy (non-hydrogen) atoms. The second-order valence-electron chi connectivity index (χ2n) is 9.71. The molecule has 2 aliphatic rings. The van der Waals surface area contributed by atoms with Crippen molar-refractivity contribution >= 4 is 40.6 Å². The molecule has 0 bridgehead atoms. The third-order valence-corrected chi connectivity index (χ3v) is 8.97. The van der Waals surface area contributed by atoms with Crippen molar-refractivity contribution in [3.05, 3.63) is 77.3 Å². The summed E-state index contributed by atoms with van der Waals surface area (Å²) in [6, 6.07) is 21.2. The smallest absolute Gasteiger partial charge is 0.257 e. The highest BCUT2D eigenvalue weighted by molar-refractivity contribution is 7.99. The van der Waals surface area contributed by atoms with Gasteiger partial charge in [0.25, 0.3) is 5.91 Å². The van der Waals surface area contributed by atoms with E-state index in [1.807, 2.05) is 54.6 Å². The van der Waals surface area contributed by atoms with E-state index in [9.17, 15) is 9.90 Å². The number of amides is 1. The highest BCUT2D eigenvalue weighted by Crippen LogP contribution is 2.46. The van der Waals surface area contributed by atoms with E-state index in [0.29, 0.717) is 11.6 Å². The molecular weight excluding hydrogens is 534 g/mol. The molecule has 1 N–H and O–H groups in total. The number of piperazine rings is 1. The topological polar surface area (TPSA) is 65.5 Å². The second kappa shape index (κ2) is 12.5. The minimum atomic E-state index is -1.18. The monoisotopic (exact) mass is 567 g/mol. The fourth-order valence-corrected chi connectivity index (χ4v) is 6.79. The number of halogens is 1. The van der Waals surface area contributed by atoms with Gasteiger partial charge in [-0.1, -0.05) is 35.9 Å². The van der Waals surface area contributed by atoms with Gasteiger partial charge in [0.1, 0.15) is 17.6 Å². The summed E-state index contributed by atoms with van der Waals surface area (Å²) in [5.74, 6) is 1.34. The van der Waals surface area contributed by atoms with Gasteiger partial charge in [0.15, 0.2) is 0 Å². The SMILES string of the molecule is COc1ccc([C@@H]2Sc3cc(Cl)ccc3N(CCCN3CCN(c4ccccc4OC)CC3)C(=O)[C@@H]2O)cc1. The van der Waals surface area contributed by atoms with E-state index in [-0.39, 0.29) is 5.91 Å². The molecule has 0 unspecified atom stereocenters. The van der Waals surface area contributed by atoms with Crippen LogP contribution in [0.15, 0.2) is 71.6 Å². The maximum Gasteiger partial charge on any atom is 0.257 e. The molecule has 206 valence electrons. The summed E-state index contributed by atoms with van der Waals surface area (Å²) >= 11 is 7.82. The average molecular weight is 568 g/mol. The van der Waals surface area contributed by atoms with Crippen molar-refractivity contribution in [2.24, 2.45) is 0 Å². The lowest BCUT2D eigenvalue weighted by Gasteiger charge is -2.37. The molecule has 1 amide bonds. The molecule has 0 radical (unpaired) electrons. The Labute approximate surface area is 239 Å². The van der Waals surface area contributed by atoms with Crippen molar-refractivity contribution in [2.75, 3.05) is 63.3 Å². The Morgan fingerprint density at radius 1 is 0.923 bits per heavy atom. The number of carbonyl (C=O) groups excluding carboxylic acids is 1. The van der Waals surface area contributed by atoms with Gasteiger partial charge in [-0.3, -0.25) is 9.69 Å². The molecule has 5 rings (SSSR count). The lowest BCUT2D eigenvalue weighted by Crippen LogP contribution is -2.47. The zero-order chi connectivity index (χ0) is 27.4. The van der Waals surface area contributed by atoms with Crippen molar-refractivity contribution in [3.63, 3.8) is 0 Å². The van der Waals surface area contributed by atoms with Crippen LogP contribution in [0.5, 0.6) is 11.5 Å². The number of aliphatic hydroxyl groups excluding tert-OH is 1. The molecular formula is C30H34ClN3O4S. The molecule has 0 aliphatic carbocycles. The molecule has 0 spiro atoms. The van der Waals surface area contributed by atoms with Crippen LogP contribution in [0.25, 0.3) is 0 Å². The van der Waals surface area contributed by atoms with Crippen LogP contribution in [-0.4, -0.2) is 75.5 Å². The lowest BCUT2D eigenvalue weighted by molar-refractivity contribution is -0.126. The molecule has 9 heteroatoms. The van der Waals surface area contributed by atoms with Crippen molar-refractivity contribution in [3.8, 4) is 11.5 Å². The number of benzene rings is 3. The molecule has 0 aromatic heterocycles. The molecule has 0 saturated carbocycles. The summed E-state index contributed by atoms with van der Waals surface area (Å²) in [5, 5.41) is 11.4. The number of thioether (sulfide) groups is 1. The predicted octanol–water partition coefficient (Wildman–Crippen LogP) is 5.11. The predicted molar refractivity (Wildman–Crippen MR) is 158 cm³/mol. The molecule has 7 nitrogen and oxygen atoms in total. The number of rotatable bonds is 8. The number of ether oxygens (including phenoxy) is 2. The number of hydrogen-bond acceptors (Lipinski definition) is 7. The number of nitrogens with zero attached hydrogens (tertiary/aromatic N) is 3. The quantitative estimate of drug-likeness (QED) is 0.406. The van der Waals surface area contributed by atoms with Gasteiger partial charge in [-0.25, -0.2) is 0 Å². The Kier molecular flexibility index (Phi) is 8.87. The summed E-state index contributed by atoms with van der Waals surface area (Å²) in [5.41, 5.74) is 2.79. The van der Waals surface area contributed by atoms with Crippen molar-refractivity contribution in [1.29, 1.82) is 0 Å². The van der Waals surface area contributed by atoms with Gasteiger partial charge in [-0.2, -0.15) is 0 Å². The molecule has 2 heterocycles. The fourth-order valence-electron chi connectivity index (χ4n) is 5.24. The molecule has 3 aromatic rings. The van der Waals surface area contributed by atoms with Crippen LogP contribution in [0, 0.1) is 0 Å². The second-order valence-corrected chi connectivity index (χ2v) is 11.3. The number of aliphatic hydroxyl groups is 1. The first-order chi connectivity index (χ1) is 19.0. The summed E-state index contributed by atoms with van der Waals surface area (Å²) in [6.45, 7) is 5.11. The van der Waals surface area contributed by atoms with Crippen molar-refractivity contribution < 1.29 is 19.4 Å². The van der Waals surface area contributed by atoms with E-state index < -0.39 is 11.4 Å². The molecule has 2 aliphatic heterocycles. The first-order valence-electron chi connectivity index (χ1n) is 13.2. The number of methoxy groups -OCH3 is 2. The first kappa shape index (κ1) is 27.6. The zero-order valence-corrected chi connectivity index (χ0v) is 23.8. The third-order valence-electron chi connectivity index (χ3n) is 7.37. The van der Waals surface area contributed by atoms with Crippen LogP contribution in [0.4, 0.5) is 11.4 Å². The minimum absolute atomic E-state index is 0.287. The number of para-hydroxylation sites is 2. The van der Waals surface area contributed by atoms with Crippen LogP contribution >= 0.6 is 23.4 Å². The maximum absolute atomic E-state index is 13.6. The van der Waals surface area contributed by atoms with Crippen LogP contribution in [0.2, 0.25) is 5.02 Å². The number of carbonyl (C=O) groups is 1. The molecule has 3 aromatic carbocycles. The Bertz CT molecular complexity index is 1280. The van der Waals surface area contributed by atoms with Gasteiger partial charge in [-0.05, 0) is 61.0 Å². The van der Waals surface area contributed by atoms with Gasteiger partial charge in [0, 0.05) is 42.6 Å². The molecule has 2 atom stereocenters. The van der Waals surface area contributed by atoms with Gasteiger partial charge in [-0.15, -0.1) is 11.8 Å². The van der Waals surface area contributed by atoms with Crippen LogP contribution in [0.1, 0.15) is 17.2 Å². The van der Waals surface area contributed by atoms with Gasteiger partial charge in [0.05, 0.1) is 30.8 Å². The first-order valence-corrected chi connectivity index (χ1v) is 14.4. The van der Waals surface area contributed by atoms with Crippen molar-refractivity contribution in [2.45, 2.75) is 22.7 Å². The number of fused-ring (bicyclic) bond motifs is 1. The number of hydrogen-bond donors (Lipinski definition) is 1. The summed E-state index contributed by atoms with van der Waals surface area (Å²) < 4.78 is 10.8. The maximum atomic E-state index is 13.6. The Morgan fingerprint density at radius 2 is 1.67 bits per heavy atom. The number of anilines is 2. The van der Waals surface area contributed by atoms with E-state index in [2.05, 4.69) is 15.9 Å². The normalized spacial score (nSPS) is 19.9. The molecule has 1 saturated heterocycles. The standard InChI is InChI=1S/C30H34ClN3O4S/c1-37-23-11-8-21(9-12-23)29-28(35)30(36)34(25-13-10-22(31)20-27(25)39-29)15-5-14-32-16-18-33(19-17-32)24-6-3-4-7-26(24)38-2/h3-4,6-13,20,28-29,35H,5,14-19H2,1-2H3/t28-,29+/m1/s1. The largest absolute Gasteiger partial charge is 0.497 e. The minimum Gasteiger partial charge on any atom is -0.497 e. The van der Waals surface area contributed by atoms with Gasteiger partial charge in [0.2, 0.25) is 0 Å². The highest BCUT2D eigenvalue weighted by atomic mass is 35.5. The van der Waals surface area contributed by atoms with E-state index in [1.54, 1.807) is 25.2 Å². The summed E-state index contributed by atoms with van der Waals surface area (Å²) in [6.07, 6.45) is -0.383. The van der Waals surface area contributed by atoms with Crippen molar-refractivity contribution in [1.82, 2.24) is 4.90 Å². The van der Waals surface area contributed by atoms with E-state index >= 15 is 0 Å². The Balaban J connectivity index is 1.25. The highest BCUT2D eigenvalue weighted by Gasteiger charge is 2.37.